The Morgan fingerprint density at radius 1 is 1.00 bits per heavy atom. The van der Waals surface area contributed by atoms with Crippen LogP contribution in [0.2, 0.25) is 0 Å². The molecule has 0 bridgehead atoms. The molecule has 0 unspecified atom stereocenters. The number of anilines is 1. The van der Waals surface area contributed by atoms with Gasteiger partial charge in [0, 0.05) is 11.7 Å². The standard InChI is InChI=1S/C15H16FNO/c1-11(12-3-5-13(16)6-4-12)17-14-7-9-15(18-2)10-8-14/h3-11,17H,1-2H3/t11-/m1/s1. The van der Waals surface area contributed by atoms with E-state index < -0.39 is 0 Å². The zero-order valence-electron chi connectivity index (χ0n) is 10.5. The Hall–Kier alpha value is -2.03. The molecule has 1 atom stereocenters. The van der Waals surface area contributed by atoms with Gasteiger partial charge in [0.05, 0.1) is 7.11 Å². The summed E-state index contributed by atoms with van der Waals surface area (Å²) < 4.78 is 17.9. The van der Waals surface area contributed by atoms with Gasteiger partial charge in [0.2, 0.25) is 0 Å². The molecule has 3 heteroatoms. The number of benzene rings is 2. The van der Waals surface area contributed by atoms with E-state index in [4.69, 9.17) is 4.74 Å². The first-order valence-electron chi connectivity index (χ1n) is 5.85. The number of halogens is 1. The van der Waals surface area contributed by atoms with Crippen LogP contribution in [0.15, 0.2) is 48.5 Å². The lowest BCUT2D eigenvalue weighted by Gasteiger charge is -2.16. The molecule has 0 aliphatic rings. The summed E-state index contributed by atoms with van der Waals surface area (Å²) >= 11 is 0. The van der Waals surface area contributed by atoms with Crippen LogP contribution in [0.3, 0.4) is 0 Å². The van der Waals surface area contributed by atoms with Gasteiger partial charge < -0.3 is 10.1 Å². The zero-order chi connectivity index (χ0) is 13.0. The summed E-state index contributed by atoms with van der Waals surface area (Å²) in [6.45, 7) is 2.04. The predicted molar refractivity (Wildman–Crippen MR) is 71.4 cm³/mol. The van der Waals surface area contributed by atoms with Crippen molar-refractivity contribution in [1.29, 1.82) is 0 Å². The number of rotatable bonds is 4. The lowest BCUT2D eigenvalue weighted by Crippen LogP contribution is -2.06. The fourth-order valence-electron chi connectivity index (χ4n) is 1.77. The molecule has 94 valence electrons. The molecule has 0 aliphatic heterocycles. The van der Waals surface area contributed by atoms with Crippen LogP contribution < -0.4 is 10.1 Å². The van der Waals surface area contributed by atoms with Crippen molar-refractivity contribution in [3.05, 3.63) is 59.9 Å². The number of methoxy groups -OCH3 is 1. The third kappa shape index (κ3) is 3.00. The number of nitrogens with one attached hydrogen (secondary N) is 1. The third-order valence-corrected chi connectivity index (χ3v) is 2.84. The minimum Gasteiger partial charge on any atom is -0.497 e. The molecule has 0 radical (unpaired) electrons. The van der Waals surface area contributed by atoms with E-state index in [1.807, 2.05) is 31.2 Å². The summed E-state index contributed by atoms with van der Waals surface area (Å²) in [4.78, 5) is 0. The second-order valence-corrected chi connectivity index (χ2v) is 4.15. The van der Waals surface area contributed by atoms with Crippen LogP contribution in [0.1, 0.15) is 18.5 Å². The molecular formula is C15H16FNO. The number of hydrogen-bond acceptors (Lipinski definition) is 2. The monoisotopic (exact) mass is 245 g/mol. The van der Waals surface area contributed by atoms with Gasteiger partial charge >= 0.3 is 0 Å². The van der Waals surface area contributed by atoms with Crippen LogP contribution in [-0.2, 0) is 0 Å². The van der Waals surface area contributed by atoms with Gasteiger partial charge in [-0.05, 0) is 48.9 Å². The Morgan fingerprint density at radius 2 is 1.61 bits per heavy atom. The van der Waals surface area contributed by atoms with Gasteiger partial charge in [0.1, 0.15) is 11.6 Å². The highest BCUT2D eigenvalue weighted by Gasteiger charge is 2.05. The Balaban J connectivity index is 2.05. The van der Waals surface area contributed by atoms with Gasteiger partial charge in [-0.2, -0.15) is 0 Å². The molecule has 0 heterocycles. The fraction of sp³-hybridized carbons (Fsp3) is 0.200. The maximum atomic E-state index is 12.8. The lowest BCUT2D eigenvalue weighted by molar-refractivity contribution is 0.415. The molecule has 0 aliphatic carbocycles. The average molecular weight is 245 g/mol. The van der Waals surface area contributed by atoms with Crippen molar-refractivity contribution in [3.8, 4) is 5.75 Å². The van der Waals surface area contributed by atoms with Crippen molar-refractivity contribution in [2.75, 3.05) is 12.4 Å². The maximum absolute atomic E-state index is 12.8. The van der Waals surface area contributed by atoms with Crippen molar-refractivity contribution in [3.63, 3.8) is 0 Å². The normalized spacial score (nSPS) is 11.9. The molecule has 0 saturated carbocycles. The summed E-state index contributed by atoms with van der Waals surface area (Å²) in [6.07, 6.45) is 0. The van der Waals surface area contributed by atoms with Gasteiger partial charge in [0.15, 0.2) is 0 Å². The van der Waals surface area contributed by atoms with E-state index in [1.165, 1.54) is 12.1 Å². The SMILES string of the molecule is COc1ccc(N[C@H](C)c2ccc(F)cc2)cc1. The Labute approximate surface area is 106 Å². The summed E-state index contributed by atoms with van der Waals surface area (Å²) in [7, 11) is 1.64. The van der Waals surface area contributed by atoms with E-state index in [0.717, 1.165) is 17.0 Å². The van der Waals surface area contributed by atoms with Crippen molar-refractivity contribution in [2.45, 2.75) is 13.0 Å². The first-order valence-corrected chi connectivity index (χ1v) is 5.85. The first kappa shape index (κ1) is 12.4. The average Bonchev–Trinajstić information content (AvgIpc) is 2.40. The summed E-state index contributed by atoms with van der Waals surface area (Å²) in [5.41, 5.74) is 2.06. The summed E-state index contributed by atoms with van der Waals surface area (Å²) in [5.74, 6) is 0.616. The van der Waals surface area contributed by atoms with E-state index in [9.17, 15) is 4.39 Å². The van der Waals surface area contributed by atoms with E-state index in [2.05, 4.69) is 5.32 Å². The number of ether oxygens (including phenoxy) is 1. The molecule has 0 spiro atoms. The topological polar surface area (TPSA) is 21.3 Å². The highest BCUT2D eigenvalue weighted by molar-refractivity contribution is 5.48. The van der Waals surface area contributed by atoms with E-state index in [-0.39, 0.29) is 11.9 Å². The minimum atomic E-state index is -0.213. The third-order valence-electron chi connectivity index (χ3n) is 2.84. The largest absolute Gasteiger partial charge is 0.497 e. The second kappa shape index (κ2) is 5.54. The van der Waals surface area contributed by atoms with Gasteiger partial charge in [-0.15, -0.1) is 0 Å². The van der Waals surface area contributed by atoms with Crippen molar-refractivity contribution >= 4 is 5.69 Å². The second-order valence-electron chi connectivity index (χ2n) is 4.15. The molecule has 0 amide bonds. The molecule has 2 rings (SSSR count). The van der Waals surface area contributed by atoms with E-state index in [0.29, 0.717) is 0 Å². The minimum absolute atomic E-state index is 0.124. The molecule has 2 aromatic rings. The van der Waals surface area contributed by atoms with Crippen LogP contribution in [0.25, 0.3) is 0 Å². The van der Waals surface area contributed by atoms with Crippen LogP contribution in [0.5, 0.6) is 5.75 Å². The first-order chi connectivity index (χ1) is 8.69. The Morgan fingerprint density at radius 3 is 2.17 bits per heavy atom. The maximum Gasteiger partial charge on any atom is 0.123 e. The van der Waals surface area contributed by atoms with Gasteiger partial charge in [0.25, 0.3) is 0 Å². The van der Waals surface area contributed by atoms with Gasteiger partial charge in [-0.25, -0.2) is 4.39 Å². The molecule has 18 heavy (non-hydrogen) atoms. The number of hydrogen-bond donors (Lipinski definition) is 1. The van der Waals surface area contributed by atoms with Crippen molar-refractivity contribution in [2.24, 2.45) is 0 Å². The molecule has 0 saturated heterocycles. The predicted octanol–water partition coefficient (Wildman–Crippen LogP) is 4.01. The molecule has 2 aromatic carbocycles. The highest BCUT2D eigenvalue weighted by Crippen LogP contribution is 2.21. The Bertz CT molecular complexity index is 493. The highest BCUT2D eigenvalue weighted by atomic mass is 19.1. The van der Waals surface area contributed by atoms with E-state index >= 15 is 0 Å². The molecular weight excluding hydrogens is 229 g/mol. The molecule has 0 fully saturated rings. The van der Waals surface area contributed by atoms with Crippen molar-refractivity contribution < 1.29 is 9.13 Å². The van der Waals surface area contributed by atoms with Gasteiger partial charge in [-0.1, -0.05) is 12.1 Å². The molecule has 0 aromatic heterocycles. The lowest BCUT2D eigenvalue weighted by atomic mass is 10.1. The smallest absolute Gasteiger partial charge is 0.123 e. The van der Waals surface area contributed by atoms with Crippen LogP contribution >= 0.6 is 0 Å². The van der Waals surface area contributed by atoms with Gasteiger partial charge in [-0.3, -0.25) is 0 Å². The Kier molecular flexibility index (Phi) is 3.82. The summed E-state index contributed by atoms with van der Waals surface area (Å²) in [6, 6.07) is 14.4. The van der Waals surface area contributed by atoms with Crippen molar-refractivity contribution in [1.82, 2.24) is 0 Å². The summed E-state index contributed by atoms with van der Waals surface area (Å²) in [5, 5.41) is 3.35. The molecule has 1 N–H and O–H groups in total. The molecule has 2 nitrogen and oxygen atoms in total. The quantitative estimate of drug-likeness (QED) is 0.878. The van der Waals surface area contributed by atoms with Crippen LogP contribution in [-0.4, -0.2) is 7.11 Å². The zero-order valence-corrected chi connectivity index (χ0v) is 10.5. The van der Waals surface area contributed by atoms with Crippen LogP contribution in [0, 0.1) is 5.82 Å². The van der Waals surface area contributed by atoms with Crippen LogP contribution in [0.4, 0.5) is 10.1 Å². The fourth-order valence-corrected chi connectivity index (χ4v) is 1.77. The van der Waals surface area contributed by atoms with E-state index in [1.54, 1.807) is 19.2 Å².